The molecular formula is C21H30FN5O3. The van der Waals surface area contributed by atoms with Gasteiger partial charge in [-0.2, -0.15) is 0 Å². The molecule has 0 aromatic heterocycles. The van der Waals surface area contributed by atoms with E-state index in [9.17, 15) is 18.8 Å². The number of piperazine rings is 1. The van der Waals surface area contributed by atoms with Crippen LogP contribution in [0.25, 0.3) is 0 Å². The molecule has 0 bridgehead atoms. The van der Waals surface area contributed by atoms with Gasteiger partial charge in [-0.1, -0.05) is 12.1 Å². The van der Waals surface area contributed by atoms with Gasteiger partial charge in [-0.15, -0.1) is 0 Å². The lowest BCUT2D eigenvalue weighted by molar-refractivity contribution is -0.129. The predicted molar refractivity (Wildman–Crippen MR) is 110 cm³/mol. The Kier molecular flexibility index (Phi) is 7.25. The lowest BCUT2D eigenvalue weighted by atomic mass is 10.0. The highest BCUT2D eigenvalue weighted by molar-refractivity contribution is 5.83. The molecule has 4 N–H and O–H groups in total. The molecule has 2 aliphatic heterocycles. The standard InChI is InChI=1S/C21H30FN5O3/c1-13(2)25-21(30)26-16-9-18-20(29)24-11-17(27(18)12-16)7-8-19(28)23-10-14-3-5-15(22)6-4-14/h3-6,13,16-18H,7-12H2,1-2H3,(H,23,28)(H,24,29)(H2,25,26,30)/t16-,17-,18+/m1/s1. The van der Waals surface area contributed by atoms with Crippen LogP contribution in [0, 0.1) is 5.82 Å². The second-order valence-corrected chi connectivity index (χ2v) is 8.26. The number of rotatable bonds is 7. The van der Waals surface area contributed by atoms with E-state index in [-0.39, 0.29) is 47.8 Å². The van der Waals surface area contributed by atoms with E-state index in [2.05, 4.69) is 26.2 Å². The summed E-state index contributed by atoms with van der Waals surface area (Å²) >= 11 is 0. The fourth-order valence-electron chi connectivity index (χ4n) is 4.03. The van der Waals surface area contributed by atoms with Gasteiger partial charge in [0.15, 0.2) is 0 Å². The molecule has 3 atom stereocenters. The van der Waals surface area contributed by atoms with Crippen molar-refractivity contribution in [3.05, 3.63) is 35.6 Å². The average molecular weight is 420 g/mol. The van der Waals surface area contributed by atoms with Crippen LogP contribution < -0.4 is 21.3 Å². The number of benzene rings is 1. The number of carbonyl (C=O) groups is 3. The Balaban J connectivity index is 1.47. The third kappa shape index (κ3) is 5.91. The fraction of sp³-hybridized carbons (Fsp3) is 0.571. The topological polar surface area (TPSA) is 103 Å². The van der Waals surface area contributed by atoms with Crippen molar-refractivity contribution in [3.8, 4) is 0 Å². The molecule has 2 aliphatic rings. The third-order valence-corrected chi connectivity index (χ3v) is 5.49. The van der Waals surface area contributed by atoms with Crippen LogP contribution in [0.4, 0.5) is 9.18 Å². The SMILES string of the molecule is CC(C)NC(=O)N[C@@H]1C[C@H]2C(=O)NC[C@@H](CCC(=O)NCc3ccc(F)cc3)N2C1. The van der Waals surface area contributed by atoms with Gasteiger partial charge in [-0.25, -0.2) is 9.18 Å². The van der Waals surface area contributed by atoms with E-state index in [4.69, 9.17) is 0 Å². The van der Waals surface area contributed by atoms with Crippen LogP contribution in [0.15, 0.2) is 24.3 Å². The summed E-state index contributed by atoms with van der Waals surface area (Å²) in [5, 5.41) is 11.5. The molecule has 0 spiro atoms. The molecule has 0 radical (unpaired) electrons. The third-order valence-electron chi connectivity index (χ3n) is 5.49. The molecule has 2 saturated heterocycles. The van der Waals surface area contributed by atoms with Gasteiger partial charge < -0.3 is 21.3 Å². The molecule has 3 rings (SSSR count). The van der Waals surface area contributed by atoms with E-state index in [1.54, 1.807) is 12.1 Å². The second kappa shape index (κ2) is 9.88. The highest BCUT2D eigenvalue weighted by Crippen LogP contribution is 2.25. The molecule has 8 nitrogen and oxygen atoms in total. The minimum atomic E-state index is -0.306. The van der Waals surface area contributed by atoms with E-state index in [0.717, 1.165) is 5.56 Å². The monoisotopic (exact) mass is 419 g/mol. The molecule has 1 aromatic carbocycles. The molecule has 9 heteroatoms. The molecule has 164 valence electrons. The Bertz CT molecular complexity index is 770. The van der Waals surface area contributed by atoms with Crippen molar-refractivity contribution in [1.29, 1.82) is 0 Å². The molecule has 30 heavy (non-hydrogen) atoms. The zero-order chi connectivity index (χ0) is 21.7. The molecule has 0 aliphatic carbocycles. The van der Waals surface area contributed by atoms with Crippen LogP contribution >= 0.6 is 0 Å². The van der Waals surface area contributed by atoms with Gasteiger partial charge in [-0.05, 0) is 44.4 Å². The fourth-order valence-corrected chi connectivity index (χ4v) is 4.03. The van der Waals surface area contributed by atoms with E-state index >= 15 is 0 Å². The predicted octanol–water partition coefficient (Wildman–Crippen LogP) is 0.871. The first-order chi connectivity index (χ1) is 14.3. The van der Waals surface area contributed by atoms with Gasteiger partial charge in [0.2, 0.25) is 11.8 Å². The number of carbonyl (C=O) groups excluding carboxylic acids is 3. The minimum absolute atomic E-state index is 0.0272. The maximum Gasteiger partial charge on any atom is 0.315 e. The van der Waals surface area contributed by atoms with Crippen molar-refractivity contribution in [2.75, 3.05) is 13.1 Å². The lowest BCUT2D eigenvalue weighted by Crippen LogP contribution is -2.58. The van der Waals surface area contributed by atoms with Crippen molar-refractivity contribution in [1.82, 2.24) is 26.2 Å². The lowest BCUT2D eigenvalue weighted by Gasteiger charge is -2.37. The Morgan fingerprint density at radius 2 is 2.00 bits per heavy atom. The Hall–Kier alpha value is -2.68. The minimum Gasteiger partial charge on any atom is -0.353 e. The van der Waals surface area contributed by atoms with E-state index in [0.29, 0.717) is 38.9 Å². The largest absolute Gasteiger partial charge is 0.353 e. The van der Waals surface area contributed by atoms with E-state index in [1.165, 1.54) is 12.1 Å². The zero-order valence-electron chi connectivity index (χ0n) is 17.4. The zero-order valence-corrected chi connectivity index (χ0v) is 17.4. The van der Waals surface area contributed by atoms with Crippen molar-refractivity contribution < 1.29 is 18.8 Å². The van der Waals surface area contributed by atoms with Gasteiger partial charge in [0.25, 0.3) is 0 Å². The first kappa shape index (κ1) is 22.0. The Labute approximate surface area is 176 Å². The highest BCUT2D eigenvalue weighted by atomic mass is 19.1. The quantitative estimate of drug-likeness (QED) is 0.527. The molecule has 2 heterocycles. The first-order valence-corrected chi connectivity index (χ1v) is 10.4. The summed E-state index contributed by atoms with van der Waals surface area (Å²) in [7, 11) is 0. The summed E-state index contributed by atoms with van der Waals surface area (Å²) in [6.45, 7) is 5.21. The molecule has 2 fully saturated rings. The molecule has 1 aromatic rings. The highest BCUT2D eigenvalue weighted by Gasteiger charge is 2.43. The van der Waals surface area contributed by atoms with Crippen LogP contribution in [-0.4, -0.2) is 60.0 Å². The van der Waals surface area contributed by atoms with Crippen molar-refractivity contribution in [3.63, 3.8) is 0 Å². The van der Waals surface area contributed by atoms with Crippen LogP contribution in [0.5, 0.6) is 0 Å². The first-order valence-electron chi connectivity index (χ1n) is 10.4. The summed E-state index contributed by atoms with van der Waals surface area (Å²) in [6.07, 6.45) is 1.50. The van der Waals surface area contributed by atoms with Crippen molar-refractivity contribution >= 4 is 17.8 Å². The average Bonchev–Trinajstić information content (AvgIpc) is 3.11. The van der Waals surface area contributed by atoms with Crippen LogP contribution in [0.3, 0.4) is 0 Å². The Morgan fingerprint density at radius 3 is 2.70 bits per heavy atom. The van der Waals surface area contributed by atoms with Gasteiger partial charge >= 0.3 is 6.03 Å². The second-order valence-electron chi connectivity index (χ2n) is 8.26. The Morgan fingerprint density at radius 1 is 1.27 bits per heavy atom. The van der Waals surface area contributed by atoms with Crippen LogP contribution in [-0.2, 0) is 16.1 Å². The van der Waals surface area contributed by atoms with Gasteiger partial charge in [0.1, 0.15) is 5.82 Å². The molecular weight excluding hydrogens is 389 g/mol. The summed E-state index contributed by atoms with van der Waals surface area (Å²) < 4.78 is 13.0. The van der Waals surface area contributed by atoms with Gasteiger partial charge in [0.05, 0.1) is 6.04 Å². The maximum absolute atomic E-state index is 13.0. The normalized spacial score (nSPS) is 23.6. The summed E-state index contributed by atoms with van der Waals surface area (Å²) in [5.41, 5.74) is 0.836. The number of urea groups is 1. The van der Waals surface area contributed by atoms with Gasteiger partial charge in [0, 0.05) is 44.2 Å². The van der Waals surface area contributed by atoms with Crippen molar-refractivity contribution in [2.24, 2.45) is 0 Å². The molecule has 0 saturated carbocycles. The van der Waals surface area contributed by atoms with E-state index < -0.39 is 0 Å². The number of hydrogen-bond acceptors (Lipinski definition) is 4. The smallest absolute Gasteiger partial charge is 0.315 e. The number of nitrogens with one attached hydrogen (secondary N) is 4. The van der Waals surface area contributed by atoms with Crippen LogP contribution in [0.2, 0.25) is 0 Å². The van der Waals surface area contributed by atoms with Crippen molar-refractivity contribution in [2.45, 2.75) is 63.8 Å². The summed E-state index contributed by atoms with van der Waals surface area (Å²) in [6, 6.07) is 5.49. The summed E-state index contributed by atoms with van der Waals surface area (Å²) in [4.78, 5) is 38.6. The van der Waals surface area contributed by atoms with E-state index in [1.807, 2.05) is 13.8 Å². The number of fused-ring (bicyclic) bond motifs is 1. The van der Waals surface area contributed by atoms with Crippen LogP contribution in [0.1, 0.15) is 38.7 Å². The number of hydrogen-bond donors (Lipinski definition) is 4. The maximum atomic E-state index is 13.0. The van der Waals surface area contributed by atoms with Gasteiger partial charge in [-0.3, -0.25) is 14.5 Å². The molecule has 0 unspecified atom stereocenters. The summed E-state index contributed by atoms with van der Waals surface area (Å²) in [5.74, 6) is -0.419. The molecule has 4 amide bonds. The number of amides is 4. The number of nitrogens with zero attached hydrogens (tertiary/aromatic N) is 1. The number of halogens is 1.